The number of carbonyl (C=O) groups excluding carboxylic acids is 2. The second kappa shape index (κ2) is 10.2. The van der Waals surface area contributed by atoms with E-state index in [1.54, 1.807) is 25.0 Å². The molecule has 1 saturated carbocycles. The number of rotatable bonds is 7. The van der Waals surface area contributed by atoms with Crippen LogP contribution in [0, 0.1) is 12.8 Å². The molecule has 39 heavy (non-hydrogen) atoms. The number of nitrogens with zero attached hydrogens (tertiary/aromatic N) is 4. The summed E-state index contributed by atoms with van der Waals surface area (Å²) in [5.74, 6) is 1.96. The fourth-order valence-electron chi connectivity index (χ4n) is 5.14. The Labute approximate surface area is 224 Å². The van der Waals surface area contributed by atoms with Crippen molar-refractivity contribution in [1.82, 2.24) is 25.5 Å². The zero-order valence-electron chi connectivity index (χ0n) is 21.6. The van der Waals surface area contributed by atoms with Gasteiger partial charge in [-0.3, -0.25) is 10.1 Å². The van der Waals surface area contributed by atoms with Crippen molar-refractivity contribution in [3.8, 4) is 16.9 Å². The summed E-state index contributed by atoms with van der Waals surface area (Å²) in [7, 11) is 1.65. The minimum absolute atomic E-state index is 0.0359. The van der Waals surface area contributed by atoms with E-state index >= 15 is 0 Å². The summed E-state index contributed by atoms with van der Waals surface area (Å²) in [5.41, 5.74) is 5.28. The van der Waals surface area contributed by atoms with Gasteiger partial charge in [-0.1, -0.05) is 34.6 Å². The van der Waals surface area contributed by atoms with Crippen molar-refractivity contribution in [3.05, 3.63) is 77.1 Å². The summed E-state index contributed by atoms with van der Waals surface area (Å²) in [5, 5.41) is 13.5. The molecule has 6 rings (SSSR count). The summed E-state index contributed by atoms with van der Waals surface area (Å²) in [6.45, 7) is 3.05. The number of methoxy groups -OCH3 is 1. The molecule has 2 aromatic heterocycles. The van der Waals surface area contributed by atoms with Crippen LogP contribution in [0.4, 0.5) is 10.6 Å². The van der Waals surface area contributed by atoms with Crippen LogP contribution in [0.1, 0.15) is 40.7 Å². The van der Waals surface area contributed by atoms with Crippen LogP contribution in [0.25, 0.3) is 11.1 Å². The molecule has 2 aliphatic rings. The first kappa shape index (κ1) is 24.7. The fraction of sp³-hybridized carbons (Fsp3) is 0.321. The number of fused-ring (bicyclic) bond motifs is 1. The highest BCUT2D eigenvalue weighted by atomic mass is 16.5. The van der Waals surface area contributed by atoms with Crippen LogP contribution in [-0.4, -0.2) is 45.8 Å². The SMILES string of the molecule is COc1cccc(-c2ccc(CNC(=O)[C@H]3C[C@@H]3c3nc(C)no3)c3c2CCN(C(=O)Nc2ccon2)C3)c1. The van der Waals surface area contributed by atoms with Crippen molar-refractivity contribution < 1.29 is 23.4 Å². The third-order valence-electron chi connectivity index (χ3n) is 7.29. The number of anilines is 1. The first-order valence-corrected chi connectivity index (χ1v) is 12.8. The smallest absolute Gasteiger partial charge is 0.323 e. The molecule has 2 aromatic carbocycles. The van der Waals surface area contributed by atoms with E-state index in [-0.39, 0.29) is 23.8 Å². The number of nitrogens with one attached hydrogen (secondary N) is 2. The van der Waals surface area contributed by atoms with Gasteiger partial charge in [-0.05, 0) is 59.7 Å². The standard InChI is InChI=1S/C28H28N6O5/c1-16-30-27(39-32-16)23-13-22(23)26(35)29-14-18-6-7-20(17-4-3-5-19(12-17)37-2)21-8-10-34(15-24(18)21)28(36)31-25-9-11-38-33-25/h3-7,9,11-12,22-23H,8,10,13-15H2,1-2H3,(H,29,35)(H,31,33,36)/t22-,23-/m0/s1. The van der Waals surface area contributed by atoms with E-state index in [2.05, 4.69) is 38.1 Å². The van der Waals surface area contributed by atoms with E-state index in [1.165, 1.54) is 6.26 Å². The third kappa shape index (κ3) is 5.07. The number of aromatic nitrogens is 3. The van der Waals surface area contributed by atoms with Crippen LogP contribution in [0.15, 0.2) is 57.8 Å². The Hall–Kier alpha value is -4.67. The van der Waals surface area contributed by atoms with Crippen molar-refractivity contribution in [2.24, 2.45) is 5.92 Å². The first-order chi connectivity index (χ1) is 19.0. The Morgan fingerprint density at radius 3 is 2.82 bits per heavy atom. The molecule has 200 valence electrons. The molecule has 0 bridgehead atoms. The normalized spacial score (nSPS) is 17.8. The highest BCUT2D eigenvalue weighted by Crippen LogP contribution is 2.47. The van der Waals surface area contributed by atoms with Crippen molar-refractivity contribution in [2.75, 3.05) is 19.0 Å². The molecule has 1 fully saturated rings. The van der Waals surface area contributed by atoms with Crippen molar-refractivity contribution >= 4 is 17.8 Å². The van der Waals surface area contributed by atoms with E-state index in [4.69, 9.17) is 13.8 Å². The molecule has 1 aliphatic heterocycles. The summed E-state index contributed by atoms with van der Waals surface area (Å²) in [6.07, 6.45) is 2.76. The topological polar surface area (TPSA) is 136 Å². The van der Waals surface area contributed by atoms with Gasteiger partial charge in [0.25, 0.3) is 0 Å². The van der Waals surface area contributed by atoms with Gasteiger partial charge in [0.2, 0.25) is 11.8 Å². The fourth-order valence-corrected chi connectivity index (χ4v) is 5.14. The monoisotopic (exact) mass is 528 g/mol. The van der Waals surface area contributed by atoms with Gasteiger partial charge in [0.1, 0.15) is 12.0 Å². The van der Waals surface area contributed by atoms with Gasteiger partial charge in [0.15, 0.2) is 11.6 Å². The second-order valence-corrected chi connectivity index (χ2v) is 9.79. The maximum absolute atomic E-state index is 13.0. The van der Waals surface area contributed by atoms with Gasteiger partial charge in [-0.2, -0.15) is 4.98 Å². The van der Waals surface area contributed by atoms with E-state index in [0.717, 1.165) is 33.6 Å². The summed E-state index contributed by atoms with van der Waals surface area (Å²) < 4.78 is 15.5. The highest BCUT2D eigenvalue weighted by molar-refractivity contribution is 5.88. The zero-order chi connectivity index (χ0) is 26.9. The molecule has 11 nitrogen and oxygen atoms in total. The lowest BCUT2D eigenvalue weighted by molar-refractivity contribution is -0.122. The predicted molar refractivity (Wildman–Crippen MR) is 140 cm³/mol. The summed E-state index contributed by atoms with van der Waals surface area (Å²) >= 11 is 0. The van der Waals surface area contributed by atoms with Gasteiger partial charge < -0.3 is 24.0 Å². The van der Waals surface area contributed by atoms with Gasteiger partial charge in [-0.25, -0.2) is 4.79 Å². The van der Waals surface area contributed by atoms with E-state index < -0.39 is 0 Å². The van der Waals surface area contributed by atoms with Crippen molar-refractivity contribution in [3.63, 3.8) is 0 Å². The van der Waals surface area contributed by atoms with Crippen LogP contribution in [0.5, 0.6) is 5.75 Å². The van der Waals surface area contributed by atoms with Gasteiger partial charge in [0.05, 0.1) is 18.9 Å². The molecule has 1 aliphatic carbocycles. The van der Waals surface area contributed by atoms with Crippen LogP contribution in [0.3, 0.4) is 0 Å². The lowest BCUT2D eigenvalue weighted by atomic mass is 9.87. The molecule has 11 heteroatoms. The Bertz CT molecular complexity index is 1510. The number of benzene rings is 2. The highest BCUT2D eigenvalue weighted by Gasteiger charge is 2.47. The van der Waals surface area contributed by atoms with Crippen LogP contribution < -0.4 is 15.4 Å². The molecule has 2 N–H and O–H groups in total. The average Bonchev–Trinajstić information content (AvgIpc) is 3.36. The molecule has 3 amide bonds. The van der Waals surface area contributed by atoms with Gasteiger partial charge >= 0.3 is 6.03 Å². The molecular weight excluding hydrogens is 500 g/mol. The summed E-state index contributed by atoms with van der Waals surface area (Å²) in [4.78, 5) is 31.9. The Kier molecular flexibility index (Phi) is 6.47. The first-order valence-electron chi connectivity index (χ1n) is 12.8. The number of aryl methyl sites for hydroxylation is 1. The maximum Gasteiger partial charge on any atom is 0.323 e. The maximum atomic E-state index is 13.0. The quantitative estimate of drug-likeness (QED) is 0.367. The predicted octanol–water partition coefficient (Wildman–Crippen LogP) is 4.05. The second-order valence-electron chi connectivity index (χ2n) is 9.79. The molecule has 4 aromatic rings. The van der Waals surface area contributed by atoms with Crippen LogP contribution >= 0.6 is 0 Å². The Balaban J connectivity index is 1.24. The number of hydrogen-bond donors (Lipinski definition) is 2. The van der Waals surface area contributed by atoms with Gasteiger partial charge in [0, 0.05) is 25.7 Å². The molecule has 0 saturated heterocycles. The van der Waals surface area contributed by atoms with E-state index in [1.807, 2.05) is 24.3 Å². The number of carbonyl (C=O) groups is 2. The van der Waals surface area contributed by atoms with Crippen molar-refractivity contribution in [2.45, 2.75) is 38.8 Å². The molecule has 3 heterocycles. The molecule has 2 atom stereocenters. The number of ether oxygens (including phenoxy) is 1. The molecule has 0 unspecified atom stereocenters. The zero-order valence-corrected chi connectivity index (χ0v) is 21.6. The largest absolute Gasteiger partial charge is 0.497 e. The van der Waals surface area contributed by atoms with Crippen LogP contribution in [-0.2, 0) is 24.3 Å². The Morgan fingerprint density at radius 1 is 1.15 bits per heavy atom. The third-order valence-corrected chi connectivity index (χ3v) is 7.29. The number of urea groups is 1. The molecular formula is C28H28N6O5. The molecule has 0 radical (unpaired) electrons. The van der Waals surface area contributed by atoms with E-state index in [0.29, 0.717) is 50.0 Å². The van der Waals surface area contributed by atoms with Crippen molar-refractivity contribution in [1.29, 1.82) is 0 Å². The minimum atomic E-state index is -0.257. The number of amides is 3. The number of hydrogen-bond acceptors (Lipinski definition) is 8. The van der Waals surface area contributed by atoms with Crippen LogP contribution in [0.2, 0.25) is 0 Å². The minimum Gasteiger partial charge on any atom is -0.497 e. The lowest BCUT2D eigenvalue weighted by Gasteiger charge is -2.32. The Morgan fingerprint density at radius 2 is 2.05 bits per heavy atom. The van der Waals surface area contributed by atoms with Gasteiger partial charge in [-0.15, -0.1) is 0 Å². The summed E-state index contributed by atoms with van der Waals surface area (Å²) in [6, 6.07) is 13.4. The lowest BCUT2D eigenvalue weighted by Crippen LogP contribution is -2.40. The average molecular weight is 529 g/mol. The van der Waals surface area contributed by atoms with E-state index in [9.17, 15) is 9.59 Å². The molecule has 0 spiro atoms.